The molecule has 0 aliphatic heterocycles. The first-order valence-electron chi connectivity index (χ1n) is 6.03. The molecule has 1 heterocycles. The van der Waals surface area contributed by atoms with Gasteiger partial charge in [-0.3, -0.25) is 0 Å². The summed E-state index contributed by atoms with van der Waals surface area (Å²) >= 11 is 0. The van der Waals surface area contributed by atoms with E-state index in [9.17, 15) is 0 Å². The Morgan fingerprint density at radius 1 is 1.50 bits per heavy atom. The number of hydrogen-bond acceptors (Lipinski definition) is 3. The third-order valence-corrected chi connectivity index (χ3v) is 2.94. The SMILES string of the molecule is CCCCN(C)c1cc(C(C)NC)ccn1. The van der Waals surface area contributed by atoms with E-state index in [1.54, 1.807) is 0 Å². The molecule has 16 heavy (non-hydrogen) atoms. The van der Waals surface area contributed by atoms with Crippen LogP contribution in [0.5, 0.6) is 0 Å². The van der Waals surface area contributed by atoms with E-state index < -0.39 is 0 Å². The van der Waals surface area contributed by atoms with Gasteiger partial charge >= 0.3 is 0 Å². The topological polar surface area (TPSA) is 28.2 Å². The quantitative estimate of drug-likeness (QED) is 0.800. The van der Waals surface area contributed by atoms with Crippen LogP contribution in [0.15, 0.2) is 18.3 Å². The largest absolute Gasteiger partial charge is 0.360 e. The molecule has 0 spiro atoms. The van der Waals surface area contributed by atoms with Gasteiger partial charge in [-0.25, -0.2) is 4.98 Å². The van der Waals surface area contributed by atoms with E-state index >= 15 is 0 Å². The van der Waals surface area contributed by atoms with Crippen molar-refractivity contribution in [3.8, 4) is 0 Å². The second kappa shape index (κ2) is 6.48. The van der Waals surface area contributed by atoms with Gasteiger partial charge in [0.05, 0.1) is 0 Å². The van der Waals surface area contributed by atoms with Crippen molar-refractivity contribution in [2.45, 2.75) is 32.7 Å². The zero-order valence-corrected chi connectivity index (χ0v) is 10.8. The number of aromatic nitrogens is 1. The summed E-state index contributed by atoms with van der Waals surface area (Å²) < 4.78 is 0. The molecule has 0 aromatic carbocycles. The van der Waals surface area contributed by atoms with Crippen molar-refractivity contribution in [1.29, 1.82) is 0 Å². The highest BCUT2D eigenvalue weighted by molar-refractivity contribution is 5.40. The first-order valence-corrected chi connectivity index (χ1v) is 6.03. The molecule has 0 saturated heterocycles. The molecule has 1 aromatic heterocycles. The second-order valence-corrected chi connectivity index (χ2v) is 4.23. The number of nitrogens with one attached hydrogen (secondary N) is 1. The van der Waals surface area contributed by atoms with Crippen LogP contribution >= 0.6 is 0 Å². The van der Waals surface area contributed by atoms with Gasteiger partial charge < -0.3 is 10.2 Å². The molecule has 0 aliphatic carbocycles. The first kappa shape index (κ1) is 13.0. The normalized spacial score (nSPS) is 12.5. The van der Waals surface area contributed by atoms with Gasteiger partial charge in [0.25, 0.3) is 0 Å². The summed E-state index contributed by atoms with van der Waals surface area (Å²) in [5.41, 5.74) is 1.29. The van der Waals surface area contributed by atoms with Gasteiger partial charge in [0, 0.05) is 25.8 Å². The van der Waals surface area contributed by atoms with Crippen molar-refractivity contribution < 1.29 is 0 Å². The van der Waals surface area contributed by atoms with E-state index in [0.717, 1.165) is 12.4 Å². The summed E-state index contributed by atoms with van der Waals surface area (Å²) in [6, 6.07) is 4.61. The Balaban J connectivity index is 2.73. The molecule has 1 atom stereocenters. The first-order chi connectivity index (χ1) is 7.69. The highest BCUT2D eigenvalue weighted by Gasteiger charge is 2.06. The van der Waals surface area contributed by atoms with Gasteiger partial charge in [0.15, 0.2) is 0 Å². The molecule has 3 nitrogen and oxygen atoms in total. The van der Waals surface area contributed by atoms with Crippen LogP contribution in [0.2, 0.25) is 0 Å². The van der Waals surface area contributed by atoms with Crippen LogP contribution in [-0.4, -0.2) is 25.6 Å². The molecule has 1 unspecified atom stereocenters. The third kappa shape index (κ3) is 3.49. The van der Waals surface area contributed by atoms with Crippen LogP contribution in [0.1, 0.15) is 38.3 Å². The fourth-order valence-electron chi connectivity index (χ4n) is 1.59. The maximum atomic E-state index is 4.41. The number of hydrogen-bond donors (Lipinski definition) is 1. The van der Waals surface area contributed by atoms with E-state index in [4.69, 9.17) is 0 Å². The standard InChI is InChI=1S/C13H23N3/c1-5-6-9-16(4)13-10-12(7-8-15-13)11(2)14-3/h7-8,10-11,14H,5-6,9H2,1-4H3. The molecule has 0 radical (unpaired) electrons. The molecule has 1 rings (SSSR count). The van der Waals surface area contributed by atoms with Crippen molar-refractivity contribution in [2.24, 2.45) is 0 Å². The van der Waals surface area contributed by atoms with Gasteiger partial charge in [0.2, 0.25) is 0 Å². The summed E-state index contributed by atoms with van der Waals surface area (Å²) in [6.45, 7) is 5.44. The number of unbranched alkanes of at least 4 members (excludes halogenated alkanes) is 1. The predicted molar refractivity (Wildman–Crippen MR) is 69.9 cm³/mol. The molecule has 0 amide bonds. The monoisotopic (exact) mass is 221 g/mol. The molecule has 0 fully saturated rings. The predicted octanol–water partition coefficient (Wildman–Crippen LogP) is 2.60. The molecule has 0 aliphatic rings. The molecule has 1 N–H and O–H groups in total. The van der Waals surface area contributed by atoms with Crippen molar-refractivity contribution in [1.82, 2.24) is 10.3 Å². The lowest BCUT2D eigenvalue weighted by atomic mass is 10.1. The van der Waals surface area contributed by atoms with Gasteiger partial charge in [0.1, 0.15) is 5.82 Å². The zero-order valence-electron chi connectivity index (χ0n) is 10.8. The smallest absolute Gasteiger partial charge is 0.128 e. The minimum Gasteiger partial charge on any atom is -0.360 e. The Bertz CT molecular complexity index is 312. The molecule has 1 aromatic rings. The lowest BCUT2D eigenvalue weighted by Gasteiger charge is -2.19. The van der Waals surface area contributed by atoms with Crippen molar-refractivity contribution in [2.75, 3.05) is 25.5 Å². The minimum absolute atomic E-state index is 0.376. The summed E-state index contributed by atoms with van der Waals surface area (Å²) in [5.74, 6) is 1.06. The van der Waals surface area contributed by atoms with E-state index in [2.05, 4.69) is 48.2 Å². The Hall–Kier alpha value is -1.09. The van der Waals surface area contributed by atoms with Crippen LogP contribution in [0.3, 0.4) is 0 Å². The van der Waals surface area contributed by atoms with Crippen LogP contribution < -0.4 is 10.2 Å². The maximum absolute atomic E-state index is 4.41. The Morgan fingerprint density at radius 2 is 2.25 bits per heavy atom. The highest BCUT2D eigenvalue weighted by Crippen LogP contribution is 2.17. The van der Waals surface area contributed by atoms with Crippen LogP contribution in [0, 0.1) is 0 Å². The van der Waals surface area contributed by atoms with Crippen LogP contribution in [0.4, 0.5) is 5.82 Å². The third-order valence-electron chi connectivity index (χ3n) is 2.94. The van der Waals surface area contributed by atoms with Gasteiger partial charge in [-0.1, -0.05) is 13.3 Å². The van der Waals surface area contributed by atoms with Crippen LogP contribution in [0.25, 0.3) is 0 Å². The summed E-state index contributed by atoms with van der Waals surface area (Å²) in [4.78, 5) is 6.62. The lowest BCUT2D eigenvalue weighted by Crippen LogP contribution is -2.20. The summed E-state index contributed by atoms with van der Waals surface area (Å²) in [7, 11) is 4.08. The molecular formula is C13H23N3. The highest BCUT2D eigenvalue weighted by atomic mass is 15.2. The molecular weight excluding hydrogens is 198 g/mol. The Kier molecular flexibility index (Phi) is 5.26. The Labute approximate surface area is 98.9 Å². The fourth-order valence-corrected chi connectivity index (χ4v) is 1.59. The van der Waals surface area contributed by atoms with E-state index in [-0.39, 0.29) is 0 Å². The minimum atomic E-state index is 0.376. The number of pyridine rings is 1. The second-order valence-electron chi connectivity index (χ2n) is 4.23. The van der Waals surface area contributed by atoms with Gasteiger partial charge in [-0.15, -0.1) is 0 Å². The van der Waals surface area contributed by atoms with Gasteiger partial charge in [-0.2, -0.15) is 0 Å². The maximum Gasteiger partial charge on any atom is 0.128 e. The Morgan fingerprint density at radius 3 is 2.88 bits per heavy atom. The fraction of sp³-hybridized carbons (Fsp3) is 0.615. The van der Waals surface area contributed by atoms with Crippen molar-refractivity contribution in [3.05, 3.63) is 23.9 Å². The number of nitrogens with zero attached hydrogens (tertiary/aromatic N) is 2. The van der Waals surface area contributed by atoms with Crippen molar-refractivity contribution in [3.63, 3.8) is 0 Å². The average Bonchev–Trinajstić information content (AvgIpc) is 2.35. The number of rotatable bonds is 6. The zero-order chi connectivity index (χ0) is 12.0. The summed E-state index contributed by atoms with van der Waals surface area (Å²) in [5, 5.41) is 3.24. The van der Waals surface area contributed by atoms with E-state index in [1.807, 2.05) is 13.2 Å². The summed E-state index contributed by atoms with van der Waals surface area (Å²) in [6.07, 6.45) is 4.32. The van der Waals surface area contributed by atoms with E-state index in [0.29, 0.717) is 6.04 Å². The molecule has 0 bridgehead atoms. The molecule has 0 saturated carbocycles. The van der Waals surface area contributed by atoms with E-state index in [1.165, 1.54) is 18.4 Å². The van der Waals surface area contributed by atoms with Crippen molar-refractivity contribution >= 4 is 5.82 Å². The number of anilines is 1. The molecule has 90 valence electrons. The van der Waals surface area contributed by atoms with Crippen LogP contribution in [-0.2, 0) is 0 Å². The lowest BCUT2D eigenvalue weighted by molar-refractivity contribution is 0.650. The average molecular weight is 221 g/mol. The van der Waals surface area contributed by atoms with Gasteiger partial charge in [-0.05, 0) is 38.1 Å². The molecule has 3 heteroatoms.